The van der Waals surface area contributed by atoms with E-state index in [4.69, 9.17) is 9.47 Å². The highest BCUT2D eigenvalue weighted by atomic mass is 32.2. The van der Waals surface area contributed by atoms with Crippen molar-refractivity contribution in [1.82, 2.24) is 5.32 Å². The second kappa shape index (κ2) is 11.0. The summed E-state index contributed by atoms with van der Waals surface area (Å²) in [5.41, 5.74) is 4.37. The Balaban J connectivity index is 1.95. The zero-order valence-electron chi connectivity index (χ0n) is 21.3. The standard InChI is InChI=1S/C27H31FN2O5S/c1-17-13-19(3)24(14-18(17)2)20(4)29-27(31)16-30(22-9-7-21(28)8-10-22)36(32,33)23-11-12-25(34-5)26(15-23)35-6/h7-15,20H,16H2,1-6H3,(H,29,31)/t20-/m1/s1. The van der Waals surface area contributed by atoms with Crippen LogP contribution in [0, 0.1) is 26.6 Å². The molecule has 1 amide bonds. The van der Waals surface area contributed by atoms with Crippen molar-refractivity contribution in [2.45, 2.75) is 38.6 Å². The highest BCUT2D eigenvalue weighted by molar-refractivity contribution is 7.92. The number of benzene rings is 3. The van der Waals surface area contributed by atoms with E-state index in [-0.39, 0.29) is 22.4 Å². The monoisotopic (exact) mass is 514 g/mol. The number of carbonyl (C=O) groups is 1. The molecular formula is C27H31FN2O5S. The summed E-state index contributed by atoms with van der Waals surface area (Å²) in [6.07, 6.45) is 0. The number of hydrogen-bond donors (Lipinski definition) is 1. The van der Waals surface area contributed by atoms with Gasteiger partial charge in [0.25, 0.3) is 10.0 Å². The molecule has 0 bridgehead atoms. The van der Waals surface area contributed by atoms with Crippen molar-refractivity contribution in [3.05, 3.63) is 82.7 Å². The summed E-state index contributed by atoms with van der Waals surface area (Å²) >= 11 is 0. The van der Waals surface area contributed by atoms with Crippen LogP contribution in [0.4, 0.5) is 10.1 Å². The number of rotatable bonds is 9. The number of amides is 1. The van der Waals surface area contributed by atoms with Gasteiger partial charge in [0.15, 0.2) is 11.5 Å². The first-order chi connectivity index (χ1) is 17.0. The van der Waals surface area contributed by atoms with Crippen molar-refractivity contribution in [2.24, 2.45) is 0 Å². The fraction of sp³-hybridized carbons (Fsp3) is 0.296. The van der Waals surface area contributed by atoms with Gasteiger partial charge in [-0.25, -0.2) is 12.8 Å². The molecule has 0 aliphatic heterocycles. The van der Waals surface area contributed by atoms with Crippen molar-refractivity contribution in [3.8, 4) is 11.5 Å². The minimum atomic E-state index is -4.23. The normalized spacial score (nSPS) is 12.1. The molecule has 3 rings (SSSR count). The van der Waals surface area contributed by atoms with Gasteiger partial charge in [-0.3, -0.25) is 9.10 Å². The van der Waals surface area contributed by atoms with Gasteiger partial charge >= 0.3 is 0 Å². The number of halogens is 1. The zero-order chi connectivity index (χ0) is 26.6. The highest BCUT2D eigenvalue weighted by Gasteiger charge is 2.29. The van der Waals surface area contributed by atoms with Gasteiger partial charge in [-0.1, -0.05) is 12.1 Å². The average molecular weight is 515 g/mol. The number of methoxy groups -OCH3 is 2. The van der Waals surface area contributed by atoms with E-state index in [2.05, 4.69) is 11.4 Å². The minimum Gasteiger partial charge on any atom is -0.493 e. The van der Waals surface area contributed by atoms with E-state index in [9.17, 15) is 17.6 Å². The first-order valence-electron chi connectivity index (χ1n) is 11.4. The maximum absolute atomic E-state index is 13.7. The molecule has 0 saturated carbocycles. The van der Waals surface area contributed by atoms with Crippen LogP contribution in [0.1, 0.15) is 35.2 Å². The van der Waals surface area contributed by atoms with Gasteiger partial charge in [0.1, 0.15) is 12.4 Å². The summed E-state index contributed by atoms with van der Waals surface area (Å²) in [6.45, 7) is 7.33. The molecule has 0 aliphatic rings. The van der Waals surface area contributed by atoms with E-state index >= 15 is 0 Å². The van der Waals surface area contributed by atoms with Crippen molar-refractivity contribution < 1.29 is 27.1 Å². The molecule has 36 heavy (non-hydrogen) atoms. The first kappa shape index (κ1) is 27.0. The molecule has 0 saturated heterocycles. The molecule has 0 radical (unpaired) electrons. The predicted molar refractivity (Wildman–Crippen MR) is 138 cm³/mol. The summed E-state index contributed by atoms with van der Waals surface area (Å²) in [5, 5.41) is 2.90. The summed E-state index contributed by atoms with van der Waals surface area (Å²) in [7, 11) is -1.38. The molecule has 0 aliphatic carbocycles. The van der Waals surface area contributed by atoms with Crippen molar-refractivity contribution >= 4 is 21.6 Å². The van der Waals surface area contributed by atoms with Crippen molar-refractivity contribution in [1.29, 1.82) is 0 Å². The van der Waals surface area contributed by atoms with Crippen molar-refractivity contribution in [3.63, 3.8) is 0 Å². The van der Waals surface area contributed by atoms with Gasteiger partial charge in [0.2, 0.25) is 5.91 Å². The maximum Gasteiger partial charge on any atom is 0.264 e. The fourth-order valence-corrected chi connectivity index (χ4v) is 5.41. The topological polar surface area (TPSA) is 84.9 Å². The van der Waals surface area contributed by atoms with Gasteiger partial charge in [-0.15, -0.1) is 0 Å². The van der Waals surface area contributed by atoms with Crippen LogP contribution in [0.2, 0.25) is 0 Å². The average Bonchev–Trinajstić information content (AvgIpc) is 2.84. The number of nitrogens with zero attached hydrogens (tertiary/aromatic N) is 1. The molecule has 9 heteroatoms. The van der Waals surface area contributed by atoms with Crippen LogP contribution in [-0.2, 0) is 14.8 Å². The lowest BCUT2D eigenvalue weighted by molar-refractivity contribution is -0.120. The molecule has 7 nitrogen and oxygen atoms in total. The van der Waals surface area contributed by atoms with Gasteiger partial charge in [-0.05, 0) is 86.3 Å². The third-order valence-electron chi connectivity index (χ3n) is 6.07. The van der Waals surface area contributed by atoms with Gasteiger partial charge < -0.3 is 14.8 Å². The molecule has 1 atom stereocenters. The number of anilines is 1. The summed E-state index contributed by atoms with van der Waals surface area (Å²) in [4.78, 5) is 13.0. The maximum atomic E-state index is 13.7. The molecule has 0 aromatic heterocycles. The number of hydrogen-bond acceptors (Lipinski definition) is 5. The van der Waals surface area contributed by atoms with E-state index in [1.54, 1.807) is 0 Å². The van der Waals surface area contributed by atoms with E-state index < -0.39 is 28.3 Å². The Morgan fingerprint density at radius 2 is 1.53 bits per heavy atom. The van der Waals surface area contributed by atoms with E-state index in [1.165, 1.54) is 44.6 Å². The van der Waals surface area contributed by atoms with E-state index in [0.717, 1.165) is 38.7 Å². The van der Waals surface area contributed by atoms with E-state index in [0.29, 0.717) is 5.75 Å². The van der Waals surface area contributed by atoms with Crippen LogP contribution in [0.25, 0.3) is 0 Å². The minimum absolute atomic E-state index is 0.102. The molecule has 3 aromatic rings. The second-order valence-corrected chi connectivity index (χ2v) is 10.4. The lowest BCUT2D eigenvalue weighted by Gasteiger charge is -2.26. The number of aryl methyl sites for hydroxylation is 3. The third kappa shape index (κ3) is 5.79. The van der Waals surface area contributed by atoms with Crippen LogP contribution in [0.15, 0.2) is 59.5 Å². The van der Waals surface area contributed by atoms with E-state index in [1.807, 2.05) is 33.8 Å². The molecule has 192 valence electrons. The number of sulfonamides is 1. The Bertz CT molecular complexity index is 1360. The second-order valence-electron chi connectivity index (χ2n) is 8.59. The Morgan fingerprint density at radius 1 is 0.917 bits per heavy atom. The first-order valence-corrected chi connectivity index (χ1v) is 12.8. The van der Waals surface area contributed by atoms with Gasteiger partial charge in [0.05, 0.1) is 30.8 Å². The Hall–Kier alpha value is -3.59. The van der Waals surface area contributed by atoms with Crippen molar-refractivity contribution in [2.75, 3.05) is 25.1 Å². The van der Waals surface area contributed by atoms with Crippen LogP contribution in [0.5, 0.6) is 11.5 Å². The Labute approximate surface area is 211 Å². The number of carbonyl (C=O) groups excluding carboxylic acids is 1. The quantitative estimate of drug-likeness (QED) is 0.442. The number of nitrogens with one attached hydrogen (secondary N) is 1. The summed E-state index contributed by atoms with van der Waals surface area (Å²) < 4.78 is 52.3. The fourth-order valence-electron chi connectivity index (χ4n) is 3.97. The summed E-state index contributed by atoms with van der Waals surface area (Å²) in [6, 6.07) is 12.8. The lowest BCUT2D eigenvalue weighted by atomic mass is 9.96. The summed E-state index contributed by atoms with van der Waals surface area (Å²) in [5.74, 6) is -0.444. The van der Waals surface area contributed by atoms with Crippen LogP contribution in [0.3, 0.4) is 0 Å². The highest BCUT2D eigenvalue weighted by Crippen LogP contribution is 2.32. The van der Waals surface area contributed by atoms with Crippen LogP contribution >= 0.6 is 0 Å². The molecule has 0 heterocycles. The molecule has 3 aromatic carbocycles. The molecule has 0 unspecified atom stereocenters. The Kier molecular flexibility index (Phi) is 8.24. The third-order valence-corrected chi connectivity index (χ3v) is 7.84. The van der Waals surface area contributed by atoms with Gasteiger partial charge in [0, 0.05) is 6.07 Å². The van der Waals surface area contributed by atoms with Crippen LogP contribution < -0.4 is 19.1 Å². The SMILES string of the molecule is COc1ccc(S(=O)(=O)N(CC(=O)N[C@H](C)c2cc(C)c(C)cc2C)c2ccc(F)cc2)cc1OC. The molecule has 0 spiro atoms. The molecular weight excluding hydrogens is 483 g/mol. The van der Waals surface area contributed by atoms with Crippen LogP contribution in [-0.4, -0.2) is 35.1 Å². The lowest BCUT2D eigenvalue weighted by Crippen LogP contribution is -2.41. The smallest absolute Gasteiger partial charge is 0.264 e. The molecule has 1 N–H and O–H groups in total. The number of ether oxygens (including phenoxy) is 2. The molecule has 0 fully saturated rings. The van der Waals surface area contributed by atoms with Gasteiger partial charge in [-0.2, -0.15) is 0 Å². The largest absolute Gasteiger partial charge is 0.493 e. The Morgan fingerprint density at radius 3 is 2.14 bits per heavy atom. The zero-order valence-corrected chi connectivity index (χ0v) is 22.1. The predicted octanol–water partition coefficient (Wildman–Crippen LogP) is 4.84.